The number of benzene rings is 3. The van der Waals surface area contributed by atoms with Crippen LogP contribution in [-0.4, -0.2) is 39.2 Å². The number of ether oxygens (including phenoxy) is 1. The molecule has 1 atom stereocenters. The highest BCUT2D eigenvalue weighted by molar-refractivity contribution is 6.46. The first-order valence-corrected chi connectivity index (χ1v) is 16.9. The molecule has 230 valence electrons. The summed E-state index contributed by atoms with van der Waals surface area (Å²) >= 11 is 20.8. The summed E-state index contributed by atoms with van der Waals surface area (Å²) in [4.78, 5) is 18.8. The molecule has 0 radical (unpaired) electrons. The molecule has 8 heteroatoms. The molecule has 3 aromatic rings. The number of aryl methyl sites for hydroxylation is 2. The van der Waals surface area contributed by atoms with Crippen LogP contribution in [-0.2, 0) is 29.6 Å². The van der Waals surface area contributed by atoms with E-state index in [4.69, 9.17) is 39.5 Å². The number of carbonyl (C=O) groups is 1. The van der Waals surface area contributed by atoms with Gasteiger partial charge in [-0.3, -0.25) is 0 Å². The molecule has 0 aromatic heterocycles. The molecule has 1 spiro atoms. The van der Waals surface area contributed by atoms with Gasteiger partial charge in [-0.1, -0.05) is 41.4 Å². The van der Waals surface area contributed by atoms with Crippen molar-refractivity contribution in [1.29, 1.82) is 0 Å². The van der Waals surface area contributed by atoms with Crippen LogP contribution < -0.4 is 15.1 Å². The maximum Gasteiger partial charge on any atom is 0.341 e. The molecule has 1 unspecified atom stereocenters. The zero-order chi connectivity index (χ0) is 30.9. The highest BCUT2D eigenvalue weighted by Crippen LogP contribution is 2.58. The number of fused-ring (bicyclic) bond motifs is 8. The number of allylic oxidation sites excluding steroid dienone is 1. The molecule has 3 heterocycles. The standard InChI is InChI=1S/C36H38Cl3N3O2/c1-5-41-12-7-10-22-16-26-24(18-28(22)41)15-25-19-29-23(11-8-14-42(29)13-6-9-20(2)40-4)17-27(25)36(26)31-30(35(43)44-36)32(37)21(3)33(38)34(31)39/h16-19,40H,2,5-15H2,1,3-4H3. The summed E-state index contributed by atoms with van der Waals surface area (Å²) in [5, 5.41) is 4.18. The van der Waals surface area contributed by atoms with E-state index in [1.165, 1.54) is 22.5 Å². The van der Waals surface area contributed by atoms with Crippen LogP contribution in [0.3, 0.4) is 0 Å². The molecule has 7 rings (SSSR count). The van der Waals surface area contributed by atoms with Crippen molar-refractivity contribution in [3.05, 3.63) is 102 Å². The van der Waals surface area contributed by atoms with Gasteiger partial charge in [0.1, 0.15) is 0 Å². The minimum absolute atomic E-state index is 0.312. The SMILES string of the molecule is C=C(CCCN1CCCc2cc3c(cc21)Cc1cc2c(cc1C31OC(=O)c3c(Cl)c(C)c(Cl)c(Cl)c31)CCCN2CC)NC. The summed E-state index contributed by atoms with van der Waals surface area (Å²) in [6, 6.07) is 9.23. The molecule has 3 aromatic carbocycles. The first kappa shape index (κ1) is 29.8. The van der Waals surface area contributed by atoms with Gasteiger partial charge >= 0.3 is 5.97 Å². The lowest BCUT2D eigenvalue weighted by Gasteiger charge is -2.41. The van der Waals surface area contributed by atoms with Gasteiger partial charge in [0, 0.05) is 67.0 Å². The number of carbonyl (C=O) groups excluding carboxylic acids is 1. The number of esters is 1. The van der Waals surface area contributed by atoms with Crippen LogP contribution in [0.5, 0.6) is 0 Å². The van der Waals surface area contributed by atoms with Crippen molar-refractivity contribution in [3.8, 4) is 0 Å². The largest absolute Gasteiger partial charge is 0.440 e. The molecule has 1 aliphatic carbocycles. The van der Waals surface area contributed by atoms with Gasteiger partial charge in [0.25, 0.3) is 0 Å². The van der Waals surface area contributed by atoms with Crippen LogP contribution in [0.4, 0.5) is 11.4 Å². The van der Waals surface area contributed by atoms with E-state index in [0.29, 0.717) is 31.8 Å². The third-order valence-electron chi connectivity index (χ3n) is 10.2. The van der Waals surface area contributed by atoms with Crippen molar-refractivity contribution in [3.63, 3.8) is 0 Å². The lowest BCUT2D eigenvalue weighted by Crippen LogP contribution is -2.38. The predicted octanol–water partition coefficient (Wildman–Crippen LogP) is 8.36. The minimum Gasteiger partial charge on any atom is -0.440 e. The van der Waals surface area contributed by atoms with E-state index in [1.54, 1.807) is 6.92 Å². The van der Waals surface area contributed by atoms with E-state index in [0.717, 1.165) is 99.1 Å². The van der Waals surface area contributed by atoms with Crippen LogP contribution in [0.25, 0.3) is 0 Å². The van der Waals surface area contributed by atoms with Crippen molar-refractivity contribution in [2.75, 3.05) is 43.0 Å². The van der Waals surface area contributed by atoms with Gasteiger partial charge in [-0.05, 0) is 111 Å². The predicted molar refractivity (Wildman–Crippen MR) is 181 cm³/mol. The highest BCUT2D eigenvalue weighted by atomic mass is 35.5. The van der Waals surface area contributed by atoms with Crippen molar-refractivity contribution in [1.82, 2.24) is 5.32 Å². The van der Waals surface area contributed by atoms with Crippen molar-refractivity contribution in [2.45, 2.75) is 64.4 Å². The molecule has 5 nitrogen and oxygen atoms in total. The average Bonchev–Trinajstić information content (AvgIpc) is 3.34. The summed E-state index contributed by atoms with van der Waals surface area (Å²) in [5.41, 5.74) is 10.7. The summed E-state index contributed by atoms with van der Waals surface area (Å²) in [6.07, 6.45) is 6.80. The fraction of sp³-hybridized carbons (Fsp3) is 0.417. The normalized spacial score (nSPS) is 19.6. The number of hydrogen-bond acceptors (Lipinski definition) is 5. The zero-order valence-electron chi connectivity index (χ0n) is 25.6. The van der Waals surface area contributed by atoms with Gasteiger partial charge in [0.05, 0.1) is 20.6 Å². The molecule has 3 aliphatic heterocycles. The van der Waals surface area contributed by atoms with Gasteiger partial charge < -0.3 is 19.9 Å². The highest BCUT2D eigenvalue weighted by Gasteiger charge is 2.55. The molecule has 0 bridgehead atoms. The lowest BCUT2D eigenvalue weighted by molar-refractivity contribution is 0.0240. The Kier molecular flexibility index (Phi) is 7.58. The fourth-order valence-corrected chi connectivity index (χ4v) is 8.76. The molecule has 44 heavy (non-hydrogen) atoms. The Labute approximate surface area is 275 Å². The van der Waals surface area contributed by atoms with Gasteiger partial charge in [-0.25, -0.2) is 4.79 Å². The van der Waals surface area contributed by atoms with Gasteiger partial charge in [-0.2, -0.15) is 0 Å². The minimum atomic E-state index is -1.22. The molecule has 0 saturated heterocycles. The Morgan fingerprint density at radius 2 is 1.55 bits per heavy atom. The number of rotatable bonds is 6. The number of anilines is 2. The van der Waals surface area contributed by atoms with E-state index in [-0.39, 0.29) is 0 Å². The summed E-state index contributed by atoms with van der Waals surface area (Å²) in [5.74, 6) is -0.456. The molecule has 4 aliphatic rings. The first-order valence-electron chi connectivity index (χ1n) is 15.8. The molecule has 0 fully saturated rings. The summed E-state index contributed by atoms with van der Waals surface area (Å²) in [6.45, 7) is 12.1. The van der Waals surface area contributed by atoms with E-state index in [1.807, 2.05) is 7.05 Å². The van der Waals surface area contributed by atoms with E-state index in [2.05, 4.69) is 52.9 Å². The number of hydrogen-bond donors (Lipinski definition) is 1. The second-order valence-electron chi connectivity index (χ2n) is 12.6. The number of nitrogens with one attached hydrogen (secondary N) is 1. The van der Waals surface area contributed by atoms with E-state index >= 15 is 0 Å². The number of halogens is 3. The second-order valence-corrected chi connectivity index (χ2v) is 13.7. The Balaban J connectivity index is 1.46. The molecular formula is C36H38Cl3N3O2. The van der Waals surface area contributed by atoms with Gasteiger partial charge in [-0.15, -0.1) is 0 Å². The van der Waals surface area contributed by atoms with Crippen LogP contribution in [0.2, 0.25) is 15.1 Å². The van der Waals surface area contributed by atoms with Crippen LogP contribution in [0.1, 0.15) is 87.5 Å². The molecule has 0 amide bonds. The molecule has 1 N–H and O–H groups in total. The van der Waals surface area contributed by atoms with Crippen molar-refractivity contribution in [2.24, 2.45) is 0 Å². The molecular weight excluding hydrogens is 613 g/mol. The van der Waals surface area contributed by atoms with Gasteiger partial charge in [0.15, 0.2) is 5.60 Å². The van der Waals surface area contributed by atoms with E-state index < -0.39 is 11.6 Å². The molecule has 0 saturated carbocycles. The smallest absolute Gasteiger partial charge is 0.341 e. The Bertz CT molecular complexity index is 1730. The number of nitrogens with zero attached hydrogens (tertiary/aromatic N) is 2. The van der Waals surface area contributed by atoms with Crippen LogP contribution in [0.15, 0.2) is 36.5 Å². The third-order valence-corrected chi connectivity index (χ3v) is 11.6. The summed E-state index contributed by atoms with van der Waals surface area (Å²) < 4.78 is 6.64. The summed E-state index contributed by atoms with van der Waals surface area (Å²) in [7, 11) is 1.93. The Morgan fingerprint density at radius 3 is 2.16 bits per heavy atom. The van der Waals surface area contributed by atoms with Crippen molar-refractivity contribution < 1.29 is 9.53 Å². The average molecular weight is 651 g/mol. The van der Waals surface area contributed by atoms with E-state index in [9.17, 15) is 4.79 Å². The lowest BCUT2D eigenvalue weighted by atomic mass is 9.69. The maximum atomic E-state index is 13.9. The first-order chi connectivity index (χ1) is 21.2. The monoisotopic (exact) mass is 649 g/mol. The maximum absolute atomic E-state index is 13.9. The topological polar surface area (TPSA) is 44.8 Å². The fourth-order valence-electron chi connectivity index (χ4n) is 7.89. The second kappa shape index (κ2) is 11.2. The van der Waals surface area contributed by atoms with Gasteiger partial charge in [0.2, 0.25) is 0 Å². The zero-order valence-corrected chi connectivity index (χ0v) is 27.9. The quantitative estimate of drug-likeness (QED) is 0.215. The third kappa shape index (κ3) is 4.37. The van der Waals surface area contributed by atoms with Crippen LogP contribution >= 0.6 is 34.8 Å². The van der Waals surface area contributed by atoms with Crippen LogP contribution in [0, 0.1) is 6.92 Å². The van der Waals surface area contributed by atoms with Crippen molar-refractivity contribution >= 4 is 52.1 Å². The Morgan fingerprint density at radius 1 is 0.932 bits per heavy atom. The Hall–Kier alpha value is -2.86.